The van der Waals surface area contributed by atoms with Crippen LogP contribution in [0.3, 0.4) is 0 Å². The molecule has 5 nitrogen and oxygen atoms in total. The number of benzene rings is 2. The van der Waals surface area contributed by atoms with Crippen LogP contribution >= 0.6 is 0 Å². The third-order valence-electron chi connectivity index (χ3n) is 5.79. The fourth-order valence-corrected chi connectivity index (χ4v) is 3.71. The van der Waals surface area contributed by atoms with Crippen molar-refractivity contribution in [1.82, 2.24) is 14.8 Å². The molecule has 0 spiro atoms. The molecule has 0 aliphatic heterocycles. The summed E-state index contributed by atoms with van der Waals surface area (Å²) in [5.41, 5.74) is 5.52. The van der Waals surface area contributed by atoms with Gasteiger partial charge < -0.3 is 0 Å². The van der Waals surface area contributed by atoms with Gasteiger partial charge in [0.05, 0.1) is 0 Å². The first-order valence-electron chi connectivity index (χ1n) is 11.5. The van der Waals surface area contributed by atoms with Crippen molar-refractivity contribution in [3.05, 3.63) is 70.5 Å². The highest BCUT2D eigenvalue weighted by molar-refractivity contribution is 5.93. The Morgan fingerprint density at radius 1 is 0.938 bits per heavy atom. The zero-order valence-electron chi connectivity index (χ0n) is 19.6. The smallest absolute Gasteiger partial charge is 0.199 e. The number of Topliss-reactive ketones (excluding diaryl/α,β-unsaturated/α-hetero) is 2. The van der Waals surface area contributed by atoms with Crippen LogP contribution in [0.2, 0.25) is 0 Å². The molecule has 0 amide bonds. The topological polar surface area (TPSA) is 64.8 Å². The Kier molecular flexibility index (Phi) is 8.09. The third kappa shape index (κ3) is 6.22. The summed E-state index contributed by atoms with van der Waals surface area (Å²) in [7, 11) is 0. The third-order valence-corrected chi connectivity index (χ3v) is 5.79. The molecule has 0 radical (unpaired) electrons. The van der Waals surface area contributed by atoms with E-state index in [0.29, 0.717) is 30.9 Å². The maximum atomic E-state index is 12.9. The van der Waals surface area contributed by atoms with Crippen LogP contribution in [0.25, 0.3) is 11.4 Å². The van der Waals surface area contributed by atoms with Crippen LogP contribution in [-0.4, -0.2) is 26.3 Å². The highest BCUT2D eigenvalue weighted by Crippen LogP contribution is 2.21. The number of rotatable bonds is 11. The van der Waals surface area contributed by atoms with E-state index in [9.17, 15) is 9.59 Å². The Hall–Kier alpha value is -3.08. The van der Waals surface area contributed by atoms with E-state index in [1.807, 2.05) is 50.2 Å². The number of nitrogens with zero attached hydrogens (tertiary/aromatic N) is 3. The van der Waals surface area contributed by atoms with Crippen molar-refractivity contribution >= 4 is 11.6 Å². The molecule has 0 saturated carbocycles. The molecule has 2 aromatic carbocycles. The lowest BCUT2D eigenvalue weighted by Crippen LogP contribution is -2.18. The first-order chi connectivity index (χ1) is 15.4. The van der Waals surface area contributed by atoms with E-state index in [1.54, 1.807) is 0 Å². The second-order valence-electron chi connectivity index (χ2n) is 8.62. The van der Waals surface area contributed by atoms with Crippen molar-refractivity contribution in [2.24, 2.45) is 0 Å². The van der Waals surface area contributed by atoms with Gasteiger partial charge in [0.1, 0.15) is 6.54 Å². The summed E-state index contributed by atoms with van der Waals surface area (Å²) < 4.78 is 1.51. The second-order valence-corrected chi connectivity index (χ2v) is 8.62. The van der Waals surface area contributed by atoms with Gasteiger partial charge in [0.15, 0.2) is 23.2 Å². The first kappa shape index (κ1) is 23.6. The van der Waals surface area contributed by atoms with Gasteiger partial charge in [-0.15, -0.1) is 5.10 Å². The number of carbonyl (C=O) groups excluding carboxylic acids is 2. The largest absolute Gasteiger partial charge is 0.298 e. The van der Waals surface area contributed by atoms with E-state index in [1.165, 1.54) is 15.8 Å². The van der Waals surface area contributed by atoms with Crippen LogP contribution in [0, 0.1) is 20.8 Å². The molecule has 5 heteroatoms. The minimum Gasteiger partial charge on any atom is -0.298 e. The van der Waals surface area contributed by atoms with E-state index < -0.39 is 0 Å². The normalized spacial score (nSPS) is 11.0. The lowest BCUT2D eigenvalue weighted by Gasteiger charge is -2.06. The first-order valence-corrected chi connectivity index (χ1v) is 11.5. The molecule has 3 rings (SSSR count). The SMILES string of the molecule is CCCCCC(=O)c1nc(-c2ccc(C)c(C)c2)nn1CC(=O)CCc1cccc(C)c1. The molecule has 1 heterocycles. The molecule has 0 saturated heterocycles. The summed E-state index contributed by atoms with van der Waals surface area (Å²) in [5.74, 6) is 0.787. The summed E-state index contributed by atoms with van der Waals surface area (Å²) >= 11 is 0. The lowest BCUT2D eigenvalue weighted by atomic mass is 10.1. The highest BCUT2D eigenvalue weighted by atomic mass is 16.1. The molecule has 3 aromatic rings. The van der Waals surface area contributed by atoms with E-state index in [2.05, 4.69) is 30.0 Å². The van der Waals surface area contributed by atoms with E-state index >= 15 is 0 Å². The molecule has 0 fully saturated rings. The number of carbonyl (C=O) groups is 2. The number of ketones is 2. The van der Waals surface area contributed by atoms with Crippen molar-refractivity contribution in [3.63, 3.8) is 0 Å². The molecule has 0 aliphatic rings. The minimum atomic E-state index is -0.0486. The summed E-state index contributed by atoms with van der Waals surface area (Å²) in [4.78, 5) is 30.2. The van der Waals surface area contributed by atoms with Crippen molar-refractivity contribution in [3.8, 4) is 11.4 Å². The van der Waals surface area contributed by atoms with Gasteiger partial charge in [0.2, 0.25) is 0 Å². The van der Waals surface area contributed by atoms with Crippen LogP contribution < -0.4 is 0 Å². The summed E-state index contributed by atoms with van der Waals surface area (Å²) in [6.07, 6.45) is 4.38. The van der Waals surface area contributed by atoms with Gasteiger partial charge in [0.25, 0.3) is 0 Å². The van der Waals surface area contributed by atoms with Gasteiger partial charge in [-0.05, 0) is 56.4 Å². The molecule has 0 atom stereocenters. The van der Waals surface area contributed by atoms with Crippen molar-refractivity contribution in [1.29, 1.82) is 0 Å². The molecule has 32 heavy (non-hydrogen) atoms. The van der Waals surface area contributed by atoms with Gasteiger partial charge in [-0.25, -0.2) is 9.67 Å². The summed E-state index contributed by atoms with van der Waals surface area (Å²) in [6, 6.07) is 14.2. The van der Waals surface area contributed by atoms with E-state index in [4.69, 9.17) is 0 Å². The highest BCUT2D eigenvalue weighted by Gasteiger charge is 2.20. The second kappa shape index (κ2) is 11.0. The molecule has 0 N–H and O–H groups in total. The average molecular weight is 432 g/mol. The molecule has 0 aliphatic carbocycles. The zero-order valence-corrected chi connectivity index (χ0v) is 19.6. The fourth-order valence-electron chi connectivity index (χ4n) is 3.71. The predicted octanol–water partition coefficient (Wildman–Crippen LogP) is 5.84. The molecule has 1 aromatic heterocycles. The van der Waals surface area contributed by atoms with Gasteiger partial charge >= 0.3 is 0 Å². The van der Waals surface area contributed by atoms with Crippen molar-refractivity contribution < 1.29 is 9.59 Å². The minimum absolute atomic E-state index is 0.0469. The predicted molar refractivity (Wildman–Crippen MR) is 128 cm³/mol. The van der Waals surface area contributed by atoms with Crippen molar-refractivity contribution in [2.45, 2.75) is 72.8 Å². The number of aromatic nitrogens is 3. The average Bonchev–Trinajstić information content (AvgIpc) is 3.18. The monoisotopic (exact) mass is 431 g/mol. The maximum absolute atomic E-state index is 12.9. The lowest BCUT2D eigenvalue weighted by molar-refractivity contribution is -0.119. The Morgan fingerprint density at radius 2 is 1.75 bits per heavy atom. The summed E-state index contributed by atoms with van der Waals surface area (Å²) in [6.45, 7) is 8.32. The number of aryl methyl sites for hydroxylation is 4. The number of unbranched alkanes of at least 4 members (excludes halogenated alkanes) is 2. The molecule has 0 unspecified atom stereocenters. The quantitative estimate of drug-likeness (QED) is 0.283. The van der Waals surface area contributed by atoms with Gasteiger partial charge in [-0.3, -0.25) is 9.59 Å². The van der Waals surface area contributed by atoms with Crippen molar-refractivity contribution in [2.75, 3.05) is 0 Å². The van der Waals surface area contributed by atoms with Crippen LogP contribution in [0.1, 0.15) is 71.9 Å². The number of hydrogen-bond donors (Lipinski definition) is 0. The van der Waals surface area contributed by atoms with E-state index in [0.717, 1.165) is 36.0 Å². The summed E-state index contributed by atoms with van der Waals surface area (Å²) in [5, 5.41) is 4.57. The zero-order chi connectivity index (χ0) is 23.1. The fraction of sp³-hybridized carbons (Fsp3) is 0.407. The Bertz CT molecular complexity index is 1100. The van der Waals surface area contributed by atoms with Crippen LogP contribution in [0.15, 0.2) is 42.5 Å². The Labute approximate surface area is 190 Å². The van der Waals surface area contributed by atoms with Crippen LogP contribution in [-0.2, 0) is 17.8 Å². The van der Waals surface area contributed by atoms with Gasteiger partial charge in [-0.2, -0.15) is 0 Å². The van der Waals surface area contributed by atoms with Gasteiger partial charge in [-0.1, -0.05) is 61.7 Å². The molecular weight excluding hydrogens is 398 g/mol. The van der Waals surface area contributed by atoms with Crippen LogP contribution in [0.5, 0.6) is 0 Å². The Morgan fingerprint density at radius 3 is 2.47 bits per heavy atom. The van der Waals surface area contributed by atoms with Crippen LogP contribution in [0.4, 0.5) is 0 Å². The standard InChI is InChI=1S/C27H33N3O2/c1-5-6-7-11-25(32)27-28-26(23-14-12-20(3)21(4)17-23)29-30(27)18-24(31)15-13-22-10-8-9-19(2)16-22/h8-10,12,14,16-17H,5-7,11,13,15,18H2,1-4H3. The maximum Gasteiger partial charge on any atom is 0.199 e. The van der Waals surface area contributed by atoms with Gasteiger partial charge in [0, 0.05) is 18.4 Å². The molecular formula is C27H33N3O2. The molecule has 0 bridgehead atoms. The van der Waals surface area contributed by atoms with E-state index in [-0.39, 0.29) is 18.1 Å². The Balaban J connectivity index is 1.79. The number of hydrogen-bond acceptors (Lipinski definition) is 4. The molecule has 168 valence electrons.